The normalized spacial score (nSPS) is 11.3. The number of rotatable bonds is 9. The average molecular weight is 401 g/mol. The first-order chi connectivity index (χ1) is 13.8. The Balaban J connectivity index is 1.99. The van der Waals surface area contributed by atoms with Gasteiger partial charge in [0, 0.05) is 29.8 Å². The van der Waals surface area contributed by atoms with Gasteiger partial charge in [0.05, 0.1) is 10.5 Å². The van der Waals surface area contributed by atoms with Gasteiger partial charge in [0.15, 0.2) is 0 Å². The largest absolute Gasteiger partial charge is 0.480 e. The zero-order valence-electron chi connectivity index (χ0n) is 15.2. The lowest BCUT2D eigenvalue weighted by Crippen LogP contribution is -2.31. The minimum Gasteiger partial charge on any atom is -0.480 e. The summed E-state index contributed by atoms with van der Waals surface area (Å²) in [5, 5.41) is 22.2. The summed E-state index contributed by atoms with van der Waals surface area (Å²) >= 11 is 0. The van der Waals surface area contributed by atoms with E-state index in [2.05, 4.69) is 5.32 Å². The molecule has 4 N–H and O–H groups in total. The summed E-state index contributed by atoms with van der Waals surface area (Å²) in [6.45, 7) is -0.174. The molecule has 1 atom stereocenters. The van der Waals surface area contributed by atoms with E-state index < -0.39 is 28.8 Å². The predicted molar refractivity (Wildman–Crippen MR) is 102 cm³/mol. The molecular weight excluding hydrogens is 382 g/mol. The van der Waals surface area contributed by atoms with Crippen LogP contribution in [0.25, 0.3) is 0 Å². The van der Waals surface area contributed by atoms with Gasteiger partial charge >= 0.3 is 11.9 Å². The van der Waals surface area contributed by atoms with Gasteiger partial charge in [-0.2, -0.15) is 0 Å². The number of esters is 1. The summed E-state index contributed by atoms with van der Waals surface area (Å²) in [7, 11) is 0. The van der Waals surface area contributed by atoms with Gasteiger partial charge in [-0.1, -0.05) is 24.3 Å². The summed E-state index contributed by atoms with van der Waals surface area (Å²) < 4.78 is 5.19. The minimum atomic E-state index is -1.19. The fourth-order valence-electron chi connectivity index (χ4n) is 2.36. The number of nitro benzene ring substituents is 1. The van der Waals surface area contributed by atoms with Gasteiger partial charge in [-0.15, -0.1) is 0 Å². The van der Waals surface area contributed by atoms with Gasteiger partial charge < -0.3 is 20.9 Å². The third kappa shape index (κ3) is 6.40. The molecule has 0 radical (unpaired) electrons. The van der Waals surface area contributed by atoms with Crippen molar-refractivity contribution in [3.05, 3.63) is 69.8 Å². The molecule has 0 aliphatic heterocycles. The molecule has 0 unspecified atom stereocenters. The van der Waals surface area contributed by atoms with E-state index in [1.165, 1.54) is 18.2 Å². The van der Waals surface area contributed by atoms with E-state index in [1.807, 2.05) is 0 Å². The molecule has 0 heterocycles. The molecule has 152 valence electrons. The summed E-state index contributed by atoms with van der Waals surface area (Å²) in [6.07, 6.45) is -0.111. The fourth-order valence-corrected chi connectivity index (χ4v) is 2.36. The first kappa shape index (κ1) is 21.5. The minimum absolute atomic E-state index is 0.0227. The highest BCUT2D eigenvalue weighted by Gasteiger charge is 2.16. The van der Waals surface area contributed by atoms with Crippen molar-refractivity contribution >= 4 is 29.2 Å². The highest BCUT2D eigenvalue weighted by molar-refractivity contribution is 5.92. The van der Waals surface area contributed by atoms with Gasteiger partial charge in [-0.25, -0.2) is 4.79 Å². The summed E-state index contributed by atoms with van der Waals surface area (Å²) in [5.74, 6) is -2.37. The molecule has 0 spiro atoms. The second kappa shape index (κ2) is 9.95. The van der Waals surface area contributed by atoms with E-state index in [-0.39, 0.29) is 30.7 Å². The average Bonchev–Trinajstić information content (AvgIpc) is 2.71. The quantitative estimate of drug-likeness (QED) is 0.327. The number of carboxylic acid groups (broad SMARTS) is 1. The van der Waals surface area contributed by atoms with E-state index in [9.17, 15) is 24.5 Å². The van der Waals surface area contributed by atoms with Crippen LogP contribution in [0.2, 0.25) is 0 Å². The van der Waals surface area contributed by atoms with Crippen molar-refractivity contribution < 1.29 is 29.2 Å². The van der Waals surface area contributed by atoms with Crippen molar-refractivity contribution in [3.63, 3.8) is 0 Å². The van der Waals surface area contributed by atoms with Crippen LogP contribution in [0.3, 0.4) is 0 Å². The highest BCUT2D eigenvalue weighted by atomic mass is 16.6. The van der Waals surface area contributed by atoms with Crippen LogP contribution in [-0.4, -0.2) is 33.9 Å². The van der Waals surface area contributed by atoms with E-state index in [4.69, 9.17) is 15.6 Å². The molecule has 29 heavy (non-hydrogen) atoms. The Morgan fingerprint density at radius 1 is 1.17 bits per heavy atom. The number of carboxylic acids is 1. The topological polar surface area (TPSA) is 162 Å². The number of hydrogen-bond donors (Lipinski definition) is 3. The lowest BCUT2D eigenvalue weighted by molar-refractivity contribution is -0.384. The molecule has 10 nitrogen and oxygen atoms in total. The zero-order valence-corrected chi connectivity index (χ0v) is 15.2. The number of amides is 1. The monoisotopic (exact) mass is 401 g/mol. The standard InChI is InChI=1S/C19H19N3O7/c20-15(18(24)25)8-9-17(23)21-16-7-2-1-4-13(16)11-29-19(26)12-5-3-6-14(10-12)22(27)28/h1-7,10,15H,8-9,11,20H2,(H,21,23)(H,24,25)/t15-/m0/s1. The molecule has 10 heteroatoms. The fraction of sp³-hybridized carbons (Fsp3) is 0.211. The Morgan fingerprint density at radius 3 is 2.59 bits per heavy atom. The first-order valence-electron chi connectivity index (χ1n) is 8.55. The number of hydrogen-bond acceptors (Lipinski definition) is 7. The van der Waals surface area contributed by atoms with Crippen molar-refractivity contribution in [1.29, 1.82) is 0 Å². The maximum absolute atomic E-state index is 12.2. The number of nitrogens with zero attached hydrogens (tertiary/aromatic N) is 1. The predicted octanol–water partition coefficient (Wildman–Crippen LogP) is 2.08. The van der Waals surface area contributed by atoms with Crippen molar-refractivity contribution in [2.45, 2.75) is 25.5 Å². The third-order valence-electron chi connectivity index (χ3n) is 3.94. The molecule has 0 saturated carbocycles. The summed E-state index contributed by atoms with van der Waals surface area (Å²) in [6, 6.07) is 10.6. The first-order valence-corrected chi connectivity index (χ1v) is 8.55. The SMILES string of the molecule is N[C@@H](CCC(=O)Nc1ccccc1COC(=O)c1cccc([N+](=O)[O-])c1)C(=O)O. The van der Waals surface area contributed by atoms with Gasteiger partial charge in [0.1, 0.15) is 12.6 Å². The second-order valence-electron chi connectivity index (χ2n) is 6.07. The number of carbonyl (C=O) groups is 3. The van der Waals surface area contributed by atoms with Crippen LogP contribution in [0.5, 0.6) is 0 Å². The number of anilines is 1. The smallest absolute Gasteiger partial charge is 0.338 e. The third-order valence-corrected chi connectivity index (χ3v) is 3.94. The van der Waals surface area contributed by atoms with Crippen LogP contribution < -0.4 is 11.1 Å². The number of aliphatic carboxylic acids is 1. The number of para-hydroxylation sites is 1. The number of nitro groups is 1. The highest BCUT2D eigenvalue weighted by Crippen LogP contribution is 2.19. The molecule has 0 bridgehead atoms. The van der Waals surface area contributed by atoms with Crippen molar-refractivity contribution in [3.8, 4) is 0 Å². The van der Waals surface area contributed by atoms with Crippen molar-refractivity contribution in [2.24, 2.45) is 5.73 Å². The van der Waals surface area contributed by atoms with Crippen LogP contribution in [0.1, 0.15) is 28.8 Å². The number of nitrogens with one attached hydrogen (secondary N) is 1. The molecular formula is C19H19N3O7. The lowest BCUT2D eigenvalue weighted by atomic mass is 10.1. The number of carbonyl (C=O) groups excluding carboxylic acids is 2. The Labute approximate surface area is 165 Å². The van der Waals surface area contributed by atoms with Gasteiger partial charge in [-0.05, 0) is 18.6 Å². The van der Waals surface area contributed by atoms with Crippen molar-refractivity contribution in [1.82, 2.24) is 0 Å². The number of benzene rings is 2. The van der Waals surface area contributed by atoms with Gasteiger partial charge in [0.25, 0.3) is 5.69 Å². The maximum atomic E-state index is 12.2. The maximum Gasteiger partial charge on any atom is 0.338 e. The van der Waals surface area contributed by atoms with Gasteiger partial charge in [0.2, 0.25) is 5.91 Å². The van der Waals surface area contributed by atoms with Gasteiger partial charge in [-0.3, -0.25) is 19.7 Å². The molecule has 1 amide bonds. The molecule has 0 aliphatic carbocycles. The molecule has 0 aromatic heterocycles. The number of nitrogens with two attached hydrogens (primary N) is 1. The van der Waals surface area contributed by atoms with Crippen LogP contribution in [0.4, 0.5) is 11.4 Å². The van der Waals surface area contributed by atoms with E-state index in [1.54, 1.807) is 24.3 Å². The molecule has 0 saturated heterocycles. The van der Waals surface area contributed by atoms with Crippen LogP contribution >= 0.6 is 0 Å². The second-order valence-corrected chi connectivity index (χ2v) is 6.07. The van der Waals surface area contributed by atoms with E-state index in [0.717, 1.165) is 6.07 Å². The van der Waals surface area contributed by atoms with E-state index in [0.29, 0.717) is 11.3 Å². The molecule has 2 aromatic carbocycles. The summed E-state index contributed by atoms with van der Waals surface area (Å²) in [5.41, 5.74) is 6.07. The zero-order chi connectivity index (χ0) is 21.4. The Hall–Kier alpha value is -3.79. The number of ether oxygens (including phenoxy) is 1. The molecule has 0 aliphatic rings. The molecule has 2 rings (SSSR count). The lowest BCUT2D eigenvalue weighted by Gasteiger charge is -2.12. The molecule has 2 aromatic rings. The Kier molecular flexibility index (Phi) is 7.38. The number of non-ortho nitro benzene ring substituents is 1. The van der Waals surface area contributed by atoms with Crippen LogP contribution in [0, 0.1) is 10.1 Å². The van der Waals surface area contributed by atoms with Crippen LogP contribution in [-0.2, 0) is 20.9 Å². The summed E-state index contributed by atoms with van der Waals surface area (Å²) in [4.78, 5) is 45.1. The van der Waals surface area contributed by atoms with Crippen LogP contribution in [0.15, 0.2) is 48.5 Å². The molecule has 0 fully saturated rings. The van der Waals surface area contributed by atoms with E-state index >= 15 is 0 Å². The Bertz CT molecular complexity index is 930. The Morgan fingerprint density at radius 2 is 1.90 bits per heavy atom. The van der Waals surface area contributed by atoms with Crippen molar-refractivity contribution in [2.75, 3.05) is 5.32 Å².